The van der Waals surface area contributed by atoms with Crippen LogP contribution in [0.25, 0.3) is 0 Å². The molecule has 0 spiro atoms. The van der Waals surface area contributed by atoms with Crippen LogP contribution in [0, 0.1) is 0 Å². The van der Waals surface area contributed by atoms with Gasteiger partial charge >= 0.3 is 0 Å². The third-order valence-electron chi connectivity index (χ3n) is 4.03. The molecule has 110 valence electrons. The zero-order valence-electron chi connectivity index (χ0n) is 12.2. The highest BCUT2D eigenvalue weighted by Gasteiger charge is 2.21. The normalized spacial score (nSPS) is 21.4. The first-order valence-corrected chi connectivity index (χ1v) is 7.73. The van der Waals surface area contributed by atoms with Crippen LogP contribution in [-0.2, 0) is 4.79 Å². The van der Waals surface area contributed by atoms with Crippen LogP contribution in [0.1, 0.15) is 44.7 Å². The van der Waals surface area contributed by atoms with E-state index < -0.39 is 0 Å². The largest absolute Gasteiger partial charge is 0.348 e. The smallest absolute Gasteiger partial charge is 0.234 e. The summed E-state index contributed by atoms with van der Waals surface area (Å²) in [7, 11) is 0. The number of carbonyl (C=O) groups excluding carboxylic acids is 1. The highest BCUT2D eigenvalue weighted by Crippen LogP contribution is 2.17. The van der Waals surface area contributed by atoms with Crippen molar-refractivity contribution in [3.63, 3.8) is 0 Å². The number of amides is 1. The number of nitrogens with one attached hydrogen (secondary N) is 1. The molecule has 0 aliphatic carbocycles. The third-order valence-corrected chi connectivity index (χ3v) is 4.29. The summed E-state index contributed by atoms with van der Waals surface area (Å²) in [4.78, 5) is 14.4. The Bertz CT molecular complexity index is 446. The maximum atomic E-state index is 12.1. The Hall–Kier alpha value is -1.06. The Kier molecular flexibility index (Phi) is 5.44. The first-order valence-electron chi connectivity index (χ1n) is 7.35. The van der Waals surface area contributed by atoms with Gasteiger partial charge in [-0.25, -0.2) is 0 Å². The number of carbonyl (C=O) groups is 1. The Morgan fingerprint density at radius 1 is 1.40 bits per heavy atom. The van der Waals surface area contributed by atoms with Gasteiger partial charge in [0.15, 0.2) is 0 Å². The number of nitrogens with zero attached hydrogens (tertiary/aromatic N) is 1. The van der Waals surface area contributed by atoms with Crippen LogP contribution in [0.4, 0.5) is 0 Å². The van der Waals surface area contributed by atoms with Crippen molar-refractivity contribution in [2.24, 2.45) is 0 Å². The molecule has 0 unspecified atom stereocenters. The molecule has 1 aliphatic rings. The van der Waals surface area contributed by atoms with Crippen molar-refractivity contribution in [2.75, 3.05) is 13.1 Å². The summed E-state index contributed by atoms with van der Waals surface area (Å²) in [6.45, 7) is 5.73. The van der Waals surface area contributed by atoms with Crippen LogP contribution in [-0.4, -0.2) is 29.9 Å². The van der Waals surface area contributed by atoms with E-state index in [1.807, 2.05) is 31.2 Å². The van der Waals surface area contributed by atoms with Crippen LogP contribution in [0.2, 0.25) is 5.02 Å². The molecule has 0 bridgehead atoms. The summed E-state index contributed by atoms with van der Waals surface area (Å²) in [6, 6.07) is 8.15. The van der Waals surface area contributed by atoms with E-state index in [4.69, 9.17) is 11.6 Å². The molecule has 1 fully saturated rings. The van der Waals surface area contributed by atoms with Crippen LogP contribution in [0.15, 0.2) is 24.3 Å². The summed E-state index contributed by atoms with van der Waals surface area (Å²) in [5, 5.41) is 3.78. The van der Waals surface area contributed by atoms with Crippen molar-refractivity contribution >= 4 is 17.5 Å². The molecule has 0 saturated carbocycles. The Labute approximate surface area is 126 Å². The Balaban J connectivity index is 1.85. The molecule has 1 aromatic rings. The lowest BCUT2D eigenvalue weighted by molar-refractivity contribution is -0.123. The van der Waals surface area contributed by atoms with Gasteiger partial charge in [0.1, 0.15) is 0 Å². The van der Waals surface area contributed by atoms with Gasteiger partial charge in [-0.3, -0.25) is 9.69 Å². The van der Waals surface area contributed by atoms with Gasteiger partial charge in [0.25, 0.3) is 0 Å². The molecule has 1 saturated heterocycles. The number of benzene rings is 1. The second kappa shape index (κ2) is 7.09. The zero-order chi connectivity index (χ0) is 14.5. The fourth-order valence-electron chi connectivity index (χ4n) is 2.70. The highest BCUT2D eigenvalue weighted by atomic mass is 35.5. The van der Waals surface area contributed by atoms with Gasteiger partial charge in [0, 0.05) is 11.1 Å². The summed E-state index contributed by atoms with van der Waals surface area (Å²) in [5.74, 6) is 0.0983. The van der Waals surface area contributed by atoms with Crippen molar-refractivity contribution in [3.8, 4) is 0 Å². The molecule has 0 aromatic heterocycles. The molecule has 0 radical (unpaired) electrons. The van der Waals surface area contributed by atoms with Crippen molar-refractivity contribution in [1.29, 1.82) is 0 Å². The molecule has 1 amide bonds. The van der Waals surface area contributed by atoms with Gasteiger partial charge in [-0.2, -0.15) is 0 Å². The van der Waals surface area contributed by atoms with E-state index in [2.05, 4.69) is 17.1 Å². The number of hydrogen-bond acceptors (Lipinski definition) is 2. The third kappa shape index (κ3) is 4.22. The maximum Gasteiger partial charge on any atom is 0.234 e. The second-order valence-corrected chi connectivity index (χ2v) is 6.09. The summed E-state index contributed by atoms with van der Waals surface area (Å²) >= 11 is 5.87. The fraction of sp³-hybridized carbons (Fsp3) is 0.562. The van der Waals surface area contributed by atoms with E-state index in [0.29, 0.717) is 12.6 Å². The summed E-state index contributed by atoms with van der Waals surface area (Å²) in [6.07, 6.45) is 3.67. The highest BCUT2D eigenvalue weighted by molar-refractivity contribution is 6.30. The SMILES string of the molecule is C[C@H](NC(=O)CN1CCCC[C@H]1C)c1ccc(Cl)cc1. The topological polar surface area (TPSA) is 32.3 Å². The summed E-state index contributed by atoms with van der Waals surface area (Å²) < 4.78 is 0. The van der Waals surface area contributed by atoms with Gasteiger partial charge < -0.3 is 5.32 Å². The first kappa shape index (κ1) is 15.3. The molecule has 1 heterocycles. The van der Waals surface area contributed by atoms with Gasteiger partial charge in [0.2, 0.25) is 5.91 Å². The molecular formula is C16H23ClN2O. The van der Waals surface area contributed by atoms with E-state index in [1.165, 1.54) is 19.3 Å². The van der Waals surface area contributed by atoms with Crippen LogP contribution < -0.4 is 5.32 Å². The molecule has 2 rings (SSSR count). The van der Waals surface area contributed by atoms with Crippen LogP contribution in [0.3, 0.4) is 0 Å². The van der Waals surface area contributed by atoms with Crippen LogP contribution in [0.5, 0.6) is 0 Å². The van der Waals surface area contributed by atoms with Gasteiger partial charge in [-0.15, -0.1) is 0 Å². The average Bonchev–Trinajstić information content (AvgIpc) is 2.42. The second-order valence-electron chi connectivity index (χ2n) is 5.66. The molecule has 1 aliphatic heterocycles. The summed E-state index contributed by atoms with van der Waals surface area (Å²) in [5.41, 5.74) is 1.08. The number of likely N-dealkylation sites (tertiary alicyclic amines) is 1. The predicted molar refractivity (Wildman–Crippen MR) is 82.9 cm³/mol. The predicted octanol–water partition coefficient (Wildman–Crippen LogP) is 3.39. The Morgan fingerprint density at radius 3 is 2.75 bits per heavy atom. The molecular weight excluding hydrogens is 272 g/mol. The van der Waals surface area contributed by atoms with E-state index in [9.17, 15) is 4.79 Å². The van der Waals surface area contributed by atoms with E-state index in [0.717, 1.165) is 17.1 Å². The van der Waals surface area contributed by atoms with Gasteiger partial charge in [0.05, 0.1) is 12.6 Å². The molecule has 1 aromatic carbocycles. The quantitative estimate of drug-likeness (QED) is 0.923. The molecule has 20 heavy (non-hydrogen) atoms. The number of hydrogen-bond donors (Lipinski definition) is 1. The Morgan fingerprint density at radius 2 is 2.10 bits per heavy atom. The zero-order valence-corrected chi connectivity index (χ0v) is 13.0. The lowest BCUT2D eigenvalue weighted by atomic mass is 10.0. The van der Waals surface area contributed by atoms with Gasteiger partial charge in [-0.1, -0.05) is 30.2 Å². The molecule has 1 N–H and O–H groups in total. The molecule has 4 heteroatoms. The molecule has 2 atom stereocenters. The maximum absolute atomic E-state index is 12.1. The van der Waals surface area contributed by atoms with Crippen molar-refractivity contribution in [2.45, 2.75) is 45.2 Å². The van der Waals surface area contributed by atoms with E-state index in [-0.39, 0.29) is 11.9 Å². The standard InChI is InChI=1S/C16H23ClN2O/c1-12-5-3-4-10-19(12)11-16(20)18-13(2)14-6-8-15(17)9-7-14/h6-9,12-13H,3-5,10-11H2,1-2H3,(H,18,20)/t12-,13+/m1/s1. The molecule has 3 nitrogen and oxygen atoms in total. The monoisotopic (exact) mass is 294 g/mol. The van der Waals surface area contributed by atoms with E-state index >= 15 is 0 Å². The van der Waals surface area contributed by atoms with Crippen molar-refractivity contribution < 1.29 is 4.79 Å². The van der Waals surface area contributed by atoms with Crippen molar-refractivity contribution in [1.82, 2.24) is 10.2 Å². The minimum Gasteiger partial charge on any atom is -0.348 e. The fourth-order valence-corrected chi connectivity index (χ4v) is 2.82. The minimum atomic E-state index is 0.0138. The van der Waals surface area contributed by atoms with Gasteiger partial charge in [-0.05, 0) is 50.9 Å². The number of halogens is 1. The minimum absolute atomic E-state index is 0.0138. The number of piperidine rings is 1. The lowest BCUT2D eigenvalue weighted by Gasteiger charge is -2.32. The lowest BCUT2D eigenvalue weighted by Crippen LogP contribution is -2.44. The first-order chi connectivity index (χ1) is 9.56. The van der Waals surface area contributed by atoms with Crippen molar-refractivity contribution in [3.05, 3.63) is 34.9 Å². The number of rotatable bonds is 4. The van der Waals surface area contributed by atoms with Crippen LogP contribution >= 0.6 is 11.6 Å². The average molecular weight is 295 g/mol. The van der Waals surface area contributed by atoms with E-state index in [1.54, 1.807) is 0 Å².